The number of hydrogen-bond acceptors (Lipinski definition) is 1. The molecule has 0 aliphatic rings. The molecule has 13 heavy (non-hydrogen) atoms. The number of nitrogens with two attached hydrogens (primary N) is 1. The molecule has 0 aromatic heterocycles. The highest BCUT2D eigenvalue weighted by Gasteiger charge is 2.04. The van der Waals surface area contributed by atoms with Gasteiger partial charge in [0.15, 0.2) is 0 Å². The van der Waals surface area contributed by atoms with Gasteiger partial charge in [0.1, 0.15) is 0 Å². The smallest absolute Gasteiger partial charge is 0.0294 e. The van der Waals surface area contributed by atoms with Gasteiger partial charge >= 0.3 is 0 Å². The monoisotopic (exact) mass is 177 g/mol. The molecular formula is C12H19N. The Balaban J connectivity index is 2.60. The molecule has 2 N–H and O–H groups in total. The van der Waals surface area contributed by atoms with E-state index in [2.05, 4.69) is 38.1 Å². The minimum Gasteiger partial charge on any atom is -0.324 e. The van der Waals surface area contributed by atoms with Gasteiger partial charge in [0, 0.05) is 6.04 Å². The van der Waals surface area contributed by atoms with E-state index in [0.717, 1.165) is 6.42 Å². The van der Waals surface area contributed by atoms with Gasteiger partial charge in [-0.05, 0) is 18.9 Å². The number of unbranched alkanes of at least 4 members (excludes halogenated alkanes) is 1. The summed E-state index contributed by atoms with van der Waals surface area (Å²) in [5.74, 6) is 0. The number of rotatable bonds is 4. The molecule has 0 unspecified atom stereocenters. The molecule has 0 bridgehead atoms. The Hall–Kier alpha value is -0.820. The average Bonchev–Trinajstić information content (AvgIpc) is 2.14. The summed E-state index contributed by atoms with van der Waals surface area (Å²) in [5.41, 5.74) is 8.62. The average molecular weight is 177 g/mol. The number of aryl methyl sites for hydroxylation is 1. The summed E-state index contributed by atoms with van der Waals surface area (Å²) in [7, 11) is 0. The fourth-order valence-electron chi connectivity index (χ4n) is 1.49. The Labute approximate surface area is 81.0 Å². The van der Waals surface area contributed by atoms with Crippen LogP contribution in [0.1, 0.15) is 43.4 Å². The van der Waals surface area contributed by atoms with Crippen LogP contribution in [-0.2, 0) is 0 Å². The summed E-state index contributed by atoms with van der Waals surface area (Å²) >= 11 is 0. The van der Waals surface area contributed by atoms with Gasteiger partial charge in [0.05, 0.1) is 0 Å². The highest BCUT2D eigenvalue weighted by Crippen LogP contribution is 2.17. The van der Waals surface area contributed by atoms with Crippen LogP contribution in [0.15, 0.2) is 24.3 Å². The van der Waals surface area contributed by atoms with Crippen LogP contribution in [0.4, 0.5) is 0 Å². The van der Waals surface area contributed by atoms with E-state index in [0.29, 0.717) is 0 Å². The molecule has 1 aromatic carbocycles. The SMILES string of the molecule is CCCC[C@H](N)c1cccc(C)c1. The molecule has 0 radical (unpaired) electrons. The molecule has 0 aliphatic heterocycles. The standard InChI is InChI=1S/C12H19N/c1-3-4-8-12(13)11-7-5-6-10(2)9-11/h5-7,9,12H,3-4,8,13H2,1-2H3/t12-/m0/s1. The van der Waals surface area contributed by atoms with Crippen molar-refractivity contribution in [3.05, 3.63) is 35.4 Å². The van der Waals surface area contributed by atoms with Crippen LogP contribution in [0.25, 0.3) is 0 Å². The molecule has 1 nitrogen and oxygen atoms in total. The summed E-state index contributed by atoms with van der Waals surface area (Å²) in [6, 6.07) is 8.71. The predicted octanol–water partition coefficient (Wildman–Crippen LogP) is 3.19. The largest absolute Gasteiger partial charge is 0.324 e. The lowest BCUT2D eigenvalue weighted by atomic mass is 10.0. The zero-order valence-corrected chi connectivity index (χ0v) is 8.59. The van der Waals surface area contributed by atoms with Crippen molar-refractivity contribution in [1.29, 1.82) is 0 Å². The van der Waals surface area contributed by atoms with Gasteiger partial charge in [-0.2, -0.15) is 0 Å². The third-order valence-corrected chi connectivity index (χ3v) is 2.34. The van der Waals surface area contributed by atoms with E-state index >= 15 is 0 Å². The van der Waals surface area contributed by atoms with E-state index in [1.807, 2.05) is 0 Å². The summed E-state index contributed by atoms with van der Waals surface area (Å²) in [6.45, 7) is 4.30. The van der Waals surface area contributed by atoms with Crippen molar-refractivity contribution in [2.75, 3.05) is 0 Å². The second-order valence-electron chi connectivity index (χ2n) is 3.66. The lowest BCUT2D eigenvalue weighted by molar-refractivity contribution is 0.603. The maximum absolute atomic E-state index is 6.05. The van der Waals surface area contributed by atoms with Crippen LogP contribution < -0.4 is 5.73 Å². The molecule has 1 heteroatoms. The second-order valence-corrected chi connectivity index (χ2v) is 3.66. The van der Waals surface area contributed by atoms with Crippen molar-refractivity contribution < 1.29 is 0 Å². The fourth-order valence-corrected chi connectivity index (χ4v) is 1.49. The second kappa shape index (κ2) is 5.03. The zero-order chi connectivity index (χ0) is 9.68. The Kier molecular flexibility index (Phi) is 3.97. The van der Waals surface area contributed by atoms with Gasteiger partial charge in [-0.1, -0.05) is 49.6 Å². The predicted molar refractivity (Wildman–Crippen MR) is 57.6 cm³/mol. The Morgan fingerprint density at radius 1 is 1.38 bits per heavy atom. The van der Waals surface area contributed by atoms with E-state index in [9.17, 15) is 0 Å². The van der Waals surface area contributed by atoms with Gasteiger partial charge in [0.2, 0.25) is 0 Å². The first-order chi connectivity index (χ1) is 6.24. The molecule has 0 fully saturated rings. The van der Waals surface area contributed by atoms with Crippen LogP contribution in [0.3, 0.4) is 0 Å². The minimum atomic E-state index is 0.222. The molecule has 72 valence electrons. The number of benzene rings is 1. The molecule has 0 spiro atoms. The lowest BCUT2D eigenvalue weighted by Crippen LogP contribution is -2.09. The topological polar surface area (TPSA) is 26.0 Å². The minimum absolute atomic E-state index is 0.222. The maximum Gasteiger partial charge on any atom is 0.0294 e. The van der Waals surface area contributed by atoms with E-state index in [1.54, 1.807) is 0 Å². The van der Waals surface area contributed by atoms with Crippen molar-refractivity contribution in [3.63, 3.8) is 0 Å². The van der Waals surface area contributed by atoms with Gasteiger partial charge in [-0.25, -0.2) is 0 Å². The highest BCUT2D eigenvalue weighted by atomic mass is 14.6. The Bertz CT molecular complexity index is 255. The van der Waals surface area contributed by atoms with Crippen LogP contribution in [0.2, 0.25) is 0 Å². The molecule has 1 rings (SSSR count). The fraction of sp³-hybridized carbons (Fsp3) is 0.500. The first kappa shape index (κ1) is 10.3. The summed E-state index contributed by atoms with van der Waals surface area (Å²) < 4.78 is 0. The maximum atomic E-state index is 6.05. The van der Waals surface area contributed by atoms with Crippen molar-refractivity contribution in [2.45, 2.75) is 39.2 Å². The van der Waals surface area contributed by atoms with Crippen molar-refractivity contribution >= 4 is 0 Å². The van der Waals surface area contributed by atoms with Gasteiger partial charge in [-0.3, -0.25) is 0 Å². The van der Waals surface area contributed by atoms with Crippen LogP contribution >= 0.6 is 0 Å². The molecule has 0 heterocycles. The summed E-state index contributed by atoms with van der Waals surface area (Å²) in [5, 5.41) is 0. The summed E-state index contributed by atoms with van der Waals surface area (Å²) in [6.07, 6.45) is 3.54. The van der Waals surface area contributed by atoms with Crippen molar-refractivity contribution in [2.24, 2.45) is 5.73 Å². The third-order valence-electron chi connectivity index (χ3n) is 2.34. The van der Waals surface area contributed by atoms with Gasteiger partial charge in [0.25, 0.3) is 0 Å². The van der Waals surface area contributed by atoms with Crippen LogP contribution in [0, 0.1) is 6.92 Å². The van der Waals surface area contributed by atoms with E-state index in [-0.39, 0.29) is 6.04 Å². The molecular weight excluding hydrogens is 158 g/mol. The third kappa shape index (κ3) is 3.19. The first-order valence-electron chi connectivity index (χ1n) is 5.06. The van der Waals surface area contributed by atoms with E-state index in [4.69, 9.17) is 5.73 Å². The Morgan fingerprint density at radius 2 is 2.15 bits per heavy atom. The lowest BCUT2D eigenvalue weighted by Gasteiger charge is -2.11. The normalized spacial score (nSPS) is 12.8. The van der Waals surface area contributed by atoms with Crippen molar-refractivity contribution in [3.8, 4) is 0 Å². The summed E-state index contributed by atoms with van der Waals surface area (Å²) in [4.78, 5) is 0. The molecule has 0 saturated heterocycles. The molecule has 0 aliphatic carbocycles. The van der Waals surface area contributed by atoms with Crippen molar-refractivity contribution in [1.82, 2.24) is 0 Å². The molecule has 0 amide bonds. The Morgan fingerprint density at radius 3 is 2.77 bits per heavy atom. The van der Waals surface area contributed by atoms with Crippen LogP contribution in [0.5, 0.6) is 0 Å². The first-order valence-corrected chi connectivity index (χ1v) is 5.06. The molecule has 0 saturated carbocycles. The molecule has 1 aromatic rings. The van der Waals surface area contributed by atoms with Crippen LogP contribution in [-0.4, -0.2) is 0 Å². The zero-order valence-electron chi connectivity index (χ0n) is 8.59. The highest BCUT2D eigenvalue weighted by molar-refractivity contribution is 5.24. The van der Waals surface area contributed by atoms with E-state index < -0.39 is 0 Å². The van der Waals surface area contributed by atoms with Gasteiger partial charge in [-0.15, -0.1) is 0 Å². The quantitative estimate of drug-likeness (QED) is 0.751. The van der Waals surface area contributed by atoms with E-state index in [1.165, 1.54) is 24.0 Å². The number of hydrogen-bond donors (Lipinski definition) is 1. The molecule has 1 atom stereocenters. The van der Waals surface area contributed by atoms with Gasteiger partial charge < -0.3 is 5.73 Å².